The highest BCUT2D eigenvalue weighted by Crippen LogP contribution is 2.08. The van der Waals surface area contributed by atoms with Gasteiger partial charge in [-0.25, -0.2) is 18.1 Å². The number of carbonyl (C=O) groups is 1. The number of benzene rings is 1. The second-order valence-electron chi connectivity index (χ2n) is 5.01. The molecule has 1 aromatic carbocycles. The number of hydrogen-bond donors (Lipinski definition) is 2. The Morgan fingerprint density at radius 1 is 1.26 bits per heavy atom. The fourth-order valence-corrected chi connectivity index (χ4v) is 3.42. The number of amides is 1. The molecule has 0 aliphatic carbocycles. The van der Waals surface area contributed by atoms with Crippen LogP contribution in [-0.2, 0) is 27.8 Å². The van der Waals surface area contributed by atoms with Crippen molar-refractivity contribution in [3.8, 4) is 0 Å². The van der Waals surface area contributed by atoms with Gasteiger partial charge in [-0.05, 0) is 12.5 Å². The summed E-state index contributed by atoms with van der Waals surface area (Å²) in [4.78, 5) is 15.9. The Morgan fingerprint density at radius 2 is 2.00 bits per heavy atom. The normalized spacial score (nSPS) is 11.3. The number of hydrogen-bond acceptors (Lipinski definition) is 5. The second kappa shape index (κ2) is 8.19. The molecule has 124 valence electrons. The van der Waals surface area contributed by atoms with Crippen LogP contribution in [0, 0.1) is 6.92 Å². The molecule has 0 saturated heterocycles. The second-order valence-corrected chi connectivity index (χ2v) is 8.00. The minimum Gasteiger partial charge on any atom is -0.355 e. The van der Waals surface area contributed by atoms with E-state index >= 15 is 0 Å². The smallest absolute Gasteiger partial charge is 0.226 e. The molecule has 1 aromatic heterocycles. The van der Waals surface area contributed by atoms with Crippen molar-refractivity contribution in [3.05, 3.63) is 52.0 Å². The van der Waals surface area contributed by atoms with Crippen LogP contribution in [-0.4, -0.2) is 31.6 Å². The van der Waals surface area contributed by atoms with Crippen LogP contribution in [0.5, 0.6) is 0 Å². The molecule has 2 aromatic rings. The molecular formula is C15H19N3O3S2. The molecule has 0 radical (unpaired) electrons. The molecule has 2 rings (SSSR count). The van der Waals surface area contributed by atoms with Crippen molar-refractivity contribution >= 4 is 27.3 Å². The van der Waals surface area contributed by atoms with Gasteiger partial charge in [-0.1, -0.05) is 30.3 Å². The Hall–Kier alpha value is -1.77. The van der Waals surface area contributed by atoms with Crippen molar-refractivity contribution in [3.63, 3.8) is 0 Å². The van der Waals surface area contributed by atoms with Crippen LogP contribution in [0.1, 0.15) is 16.3 Å². The highest BCUT2D eigenvalue weighted by molar-refractivity contribution is 7.89. The molecule has 23 heavy (non-hydrogen) atoms. The van der Waals surface area contributed by atoms with Crippen LogP contribution >= 0.6 is 11.3 Å². The first-order chi connectivity index (χ1) is 10.9. The van der Waals surface area contributed by atoms with Crippen LogP contribution < -0.4 is 10.0 Å². The van der Waals surface area contributed by atoms with Gasteiger partial charge in [-0.15, -0.1) is 11.3 Å². The number of carbonyl (C=O) groups excluding carboxylic acids is 1. The van der Waals surface area contributed by atoms with E-state index in [0.717, 1.165) is 10.6 Å². The van der Waals surface area contributed by atoms with Crippen LogP contribution in [0.3, 0.4) is 0 Å². The highest BCUT2D eigenvalue weighted by atomic mass is 32.2. The Labute approximate surface area is 140 Å². The van der Waals surface area contributed by atoms with Crippen LogP contribution in [0.15, 0.2) is 35.7 Å². The van der Waals surface area contributed by atoms with Crippen molar-refractivity contribution in [1.29, 1.82) is 0 Å². The minimum absolute atomic E-state index is 0.0755. The quantitative estimate of drug-likeness (QED) is 0.747. The van der Waals surface area contributed by atoms with Gasteiger partial charge in [0.15, 0.2) is 0 Å². The number of rotatable bonds is 8. The Balaban J connectivity index is 1.70. The van der Waals surface area contributed by atoms with Crippen molar-refractivity contribution in [1.82, 2.24) is 15.0 Å². The lowest BCUT2D eigenvalue weighted by atomic mass is 10.2. The van der Waals surface area contributed by atoms with E-state index in [2.05, 4.69) is 15.0 Å². The molecule has 0 aliphatic heterocycles. The molecule has 8 heteroatoms. The summed E-state index contributed by atoms with van der Waals surface area (Å²) in [5.74, 6) is -0.379. The van der Waals surface area contributed by atoms with Gasteiger partial charge in [0.2, 0.25) is 15.9 Å². The van der Waals surface area contributed by atoms with Gasteiger partial charge in [-0.2, -0.15) is 0 Å². The highest BCUT2D eigenvalue weighted by Gasteiger charge is 2.11. The summed E-state index contributed by atoms with van der Waals surface area (Å²) in [7, 11) is -3.42. The standard InChI is InChI=1S/C15H19N3O3S2/c1-12-18-14(11-22-12)9-15(19)16-7-8-23(20,21)17-10-13-5-3-2-4-6-13/h2-6,11,17H,7-10H2,1H3,(H,16,19). The van der Waals surface area contributed by atoms with Crippen molar-refractivity contribution in [2.75, 3.05) is 12.3 Å². The summed E-state index contributed by atoms with van der Waals surface area (Å²) in [6.07, 6.45) is 0.168. The number of nitrogens with zero attached hydrogens (tertiary/aromatic N) is 1. The predicted octanol–water partition coefficient (Wildman–Crippen LogP) is 1.23. The molecule has 0 saturated carbocycles. The van der Waals surface area contributed by atoms with E-state index in [4.69, 9.17) is 0 Å². The van der Waals surface area contributed by atoms with Crippen molar-refractivity contribution < 1.29 is 13.2 Å². The van der Waals surface area contributed by atoms with Gasteiger partial charge in [-0.3, -0.25) is 4.79 Å². The molecule has 0 aliphatic rings. The number of aromatic nitrogens is 1. The van der Waals surface area contributed by atoms with E-state index < -0.39 is 10.0 Å². The van der Waals surface area contributed by atoms with Gasteiger partial charge in [0.1, 0.15) is 0 Å². The van der Waals surface area contributed by atoms with E-state index in [9.17, 15) is 13.2 Å². The van der Waals surface area contributed by atoms with Gasteiger partial charge < -0.3 is 5.32 Å². The maximum absolute atomic E-state index is 11.9. The fraction of sp³-hybridized carbons (Fsp3) is 0.333. The van der Waals surface area contributed by atoms with Gasteiger partial charge >= 0.3 is 0 Å². The summed E-state index contributed by atoms with van der Waals surface area (Å²) in [5.41, 5.74) is 1.59. The summed E-state index contributed by atoms with van der Waals surface area (Å²) in [6, 6.07) is 9.27. The third-order valence-corrected chi connectivity index (χ3v) is 5.19. The average molecular weight is 353 g/mol. The maximum Gasteiger partial charge on any atom is 0.226 e. The van der Waals surface area contributed by atoms with Gasteiger partial charge in [0.25, 0.3) is 0 Å². The van der Waals surface area contributed by atoms with Gasteiger partial charge in [0, 0.05) is 18.5 Å². The third kappa shape index (κ3) is 6.47. The average Bonchev–Trinajstić information content (AvgIpc) is 2.91. The maximum atomic E-state index is 11.9. The lowest BCUT2D eigenvalue weighted by Gasteiger charge is -2.08. The van der Waals surface area contributed by atoms with E-state index in [1.807, 2.05) is 42.6 Å². The zero-order valence-electron chi connectivity index (χ0n) is 12.8. The molecule has 2 N–H and O–H groups in total. The monoisotopic (exact) mass is 353 g/mol. The number of nitrogens with one attached hydrogen (secondary N) is 2. The first-order valence-electron chi connectivity index (χ1n) is 7.13. The molecule has 0 spiro atoms. The van der Waals surface area contributed by atoms with E-state index in [0.29, 0.717) is 5.69 Å². The molecule has 0 bridgehead atoms. The lowest BCUT2D eigenvalue weighted by molar-refractivity contribution is -0.120. The van der Waals surface area contributed by atoms with E-state index in [1.165, 1.54) is 11.3 Å². The zero-order chi connectivity index (χ0) is 16.7. The molecular weight excluding hydrogens is 334 g/mol. The Kier molecular flexibility index (Phi) is 6.26. The topological polar surface area (TPSA) is 88.2 Å². The third-order valence-electron chi connectivity index (χ3n) is 3.04. The Morgan fingerprint density at radius 3 is 2.65 bits per heavy atom. The summed E-state index contributed by atoms with van der Waals surface area (Å²) in [6.45, 7) is 2.19. The van der Waals surface area contributed by atoms with Crippen LogP contribution in [0.2, 0.25) is 0 Å². The first-order valence-corrected chi connectivity index (χ1v) is 9.67. The van der Waals surface area contributed by atoms with Crippen molar-refractivity contribution in [2.24, 2.45) is 0 Å². The lowest BCUT2D eigenvalue weighted by Crippen LogP contribution is -2.34. The molecule has 6 nitrogen and oxygen atoms in total. The molecule has 0 fully saturated rings. The van der Waals surface area contributed by atoms with E-state index in [1.54, 1.807) is 0 Å². The minimum atomic E-state index is -3.42. The van der Waals surface area contributed by atoms with E-state index in [-0.39, 0.29) is 31.2 Å². The molecule has 0 unspecified atom stereocenters. The summed E-state index contributed by atoms with van der Waals surface area (Å²) >= 11 is 1.48. The summed E-state index contributed by atoms with van der Waals surface area (Å²) in [5, 5.41) is 5.33. The largest absolute Gasteiger partial charge is 0.355 e. The fourth-order valence-electron chi connectivity index (χ4n) is 1.90. The van der Waals surface area contributed by atoms with Crippen LogP contribution in [0.25, 0.3) is 0 Å². The SMILES string of the molecule is Cc1nc(CC(=O)NCCS(=O)(=O)NCc2ccccc2)cs1. The zero-order valence-corrected chi connectivity index (χ0v) is 14.4. The molecule has 0 atom stereocenters. The molecule has 1 amide bonds. The first kappa shape index (κ1) is 17.6. The number of thiazole rings is 1. The number of aryl methyl sites for hydroxylation is 1. The number of sulfonamides is 1. The van der Waals surface area contributed by atoms with Gasteiger partial charge in [0.05, 0.1) is 22.9 Å². The molecule has 1 heterocycles. The summed E-state index contributed by atoms with van der Waals surface area (Å²) < 4.78 is 26.3. The van der Waals surface area contributed by atoms with Crippen molar-refractivity contribution in [2.45, 2.75) is 19.9 Å². The van der Waals surface area contributed by atoms with Crippen LogP contribution in [0.4, 0.5) is 0 Å². The Bertz CT molecular complexity index is 742. The predicted molar refractivity (Wildman–Crippen MR) is 90.6 cm³/mol.